The molecule has 0 spiro atoms. The Bertz CT molecular complexity index is 664. The number of aromatic nitrogens is 4. The number of anilines is 1. The topological polar surface area (TPSA) is 105 Å². The van der Waals surface area contributed by atoms with Gasteiger partial charge in [-0.3, -0.25) is 4.57 Å². The molecule has 120 valence electrons. The minimum atomic E-state index is -1.67. The minimum Gasteiger partial charge on any atom is -0.394 e. The van der Waals surface area contributed by atoms with Crippen LogP contribution in [0.4, 0.5) is 10.2 Å². The van der Waals surface area contributed by atoms with Crippen molar-refractivity contribution < 1.29 is 19.3 Å². The quantitative estimate of drug-likeness (QED) is 0.742. The number of nitrogens with one attached hydrogen (secondary N) is 1. The summed E-state index contributed by atoms with van der Waals surface area (Å²) in [6, 6.07) is 0.153. The van der Waals surface area contributed by atoms with Crippen molar-refractivity contribution in [1.82, 2.24) is 19.5 Å². The fourth-order valence-corrected chi connectivity index (χ4v) is 2.50. The van der Waals surface area contributed by atoms with Crippen molar-refractivity contribution in [2.24, 2.45) is 0 Å². The van der Waals surface area contributed by atoms with E-state index in [0.29, 0.717) is 17.0 Å². The summed E-state index contributed by atoms with van der Waals surface area (Å²) in [6.07, 6.45) is -2.36. The highest BCUT2D eigenvalue weighted by Gasteiger charge is 2.45. The molecule has 3 N–H and O–H groups in total. The van der Waals surface area contributed by atoms with Crippen LogP contribution in [0, 0.1) is 0 Å². The third-order valence-corrected chi connectivity index (χ3v) is 3.53. The summed E-state index contributed by atoms with van der Waals surface area (Å²) in [5.41, 5.74) is 0.894. The van der Waals surface area contributed by atoms with Crippen LogP contribution in [0.3, 0.4) is 0 Å². The summed E-state index contributed by atoms with van der Waals surface area (Å²) in [4.78, 5) is 12.5. The van der Waals surface area contributed by atoms with Crippen LogP contribution in [-0.4, -0.2) is 60.8 Å². The first-order valence-electron chi connectivity index (χ1n) is 7.05. The van der Waals surface area contributed by atoms with Gasteiger partial charge in [0.05, 0.1) is 12.9 Å². The Morgan fingerprint density at radius 1 is 1.41 bits per heavy atom. The van der Waals surface area contributed by atoms with Crippen LogP contribution in [0.25, 0.3) is 11.2 Å². The third-order valence-electron chi connectivity index (χ3n) is 3.53. The average molecular weight is 311 g/mol. The lowest BCUT2D eigenvalue weighted by molar-refractivity contribution is -0.0459. The van der Waals surface area contributed by atoms with E-state index >= 15 is 0 Å². The molecule has 1 aliphatic rings. The molecule has 9 heteroatoms. The van der Waals surface area contributed by atoms with Crippen LogP contribution in [0.5, 0.6) is 0 Å². The van der Waals surface area contributed by atoms with Crippen LogP contribution >= 0.6 is 0 Å². The lowest BCUT2D eigenvalue weighted by atomic mass is 10.1. The van der Waals surface area contributed by atoms with Gasteiger partial charge >= 0.3 is 0 Å². The van der Waals surface area contributed by atoms with Gasteiger partial charge in [-0.2, -0.15) is 0 Å². The van der Waals surface area contributed by atoms with Gasteiger partial charge in [0.2, 0.25) is 0 Å². The van der Waals surface area contributed by atoms with Crippen molar-refractivity contribution in [3.63, 3.8) is 0 Å². The van der Waals surface area contributed by atoms with E-state index in [1.807, 2.05) is 13.8 Å². The summed E-state index contributed by atoms with van der Waals surface area (Å²) in [5, 5.41) is 22.0. The first kappa shape index (κ1) is 15.1. The molecule has 3 heterocycles. The first-order valence-corrected chi connectivity index (χ1v) is 7.05. The zero-order chi connectivity index (χ0) is 15.9. The van der Waals surface area contributed by atoms with Crippen molar-refractivity contribution in [1.29, 1.82) is 0 Å². The summed E-state index contributed by atoms with van der Waals surface area (Å²) < 4.78 is 21.0. The molecule has 0 radical (unpaired) electrons. The second-order valence-electron chi connectivity index (χ2n) is 5.53. The maximum absolute atomic E-state index is 14.2. The number of aliphatic hydroxyl groups excluding tert-OH is 2. The number of fused-ring (bicyclic) bond motifs is 1. The number of hydrogen-bond donors (Lipinski definition) is 3. The summed E-state index contributed by atoms with van der Waals surface area (Å²) in [6.45, 7) is 3.47. The number of alkyl halides is 1. The highest BCUT2D eigenvalue weighted by atomic mass is 19.1. The average Bonchev–Trinajstić information content (AvgIpc) is 3.02. The van der Waals surface area contributed by atoms with Crippen molar-refractivity contribution in [2.75, 3.05) is 11.9 Å². The molecular weight excluding hydrogens is 293 g/mol. The lowest BCUT2D eigenvalue weighted by Crippen LogP contribution is -2.30. The Kier molecular flexibility index (Phi) is 3.94. The summed E-state index contributed by atoms with van der Waals surface area (Å²) in [5.74, 6) is 0.548. The van der Waals surface area contributed by atoms with Crippen LogP contribution in [-0.2, 0) is 4.74 Å². The zero-order valence-corrected chi connectivity index (χ0v) is 12.2. The number of aliphatic hydroxyl groups is 2. The second kappa shape index (κ2) is 5.75. The van der Waals surface area contributed by atoms with Crippen molar-refractivity contribution >= 4 is 17.0 Å². The van der Waals surface area contributed by atoms with Crippen molar-refractivity contribution in [3.05, 3.63) is 12.7 Å². The Morgan fingerprint density at radius 3 is 2.82 bits per heavy atom. The molecule has 0 bridgehead atoms. The molecule has 0 amide bonds. The predicted octanol–water partition coefficient (Wildman–Crippen LogP) is 0.235. The van der Waals surface area contributed by atoms with E-state index in [4.69, 9.17) is 9.84 Å². The molecular formula is C13H18FN5O3. The molecule has 0 aliphatic carbocycles. The molecule has 1 unspecified atom stereocenters. The molecule has 2 aromatic heterocycles. The van der Waals surface area contributed by atoms with Crippen molar-refractivity contribution in [2.45, 2.75) is 44.5 Å². The van der Waals surface area contributed by atoms with Crippen LogP contribution < -0.4 is 5.32 Å². The lowest BCUT2D eigenvalue weighted by Gasteiger charge is -2.15. The van der Waals surface area contributed by atoms with E-state index in [9.17, 15) is 9.50 Å². The number of rotatable bonds is 4. The number of imidazole rings is 1. The smallest absolute Gasteiger partial charge is 0.173 e. The largest absolute Gasteiger partial charge is 0.394 e. The fraction of sp³-hybridized carbons (Fsp3) is 0.615. The van der Waals surface area contributed by atoms with Crippen LogP contribution in [0.1, 0.15) is 20.1 Å². The third kappa shape index (κ3) is 2.40. The zero-order valence-electron chi connectivity index (χ0n) is 12.2. The molecule has 1 saturated heterocycles. The van der Waals surface area contributed by atoms with Gasteiger partial charge in [0, 0.05) is 6.04 Å². The molecule has 4 atom stereocenters. The Labute approximate surface area is 126 Å². The molecule has 0 saturated carbocycles. The standard InChI is InChI=1S/C13H18FN5O3/c1-6(2)18-11-9-12(16-4-15-11)19(5-17-9)13-8(14)10(21)7(3-20)22-13/h4-8,10,13,20-21H,3H2,1-2H3,(H,15,16,18)/t7-,8?,10+,13-/m1/s1. The highest BCUT2D eigenvalue weighted by molar-refractivity contribution is 5.82. The maximum atomic E-state index is 14.2. The number of ether oxygens (including phenoxy) is 1. The molecule has 3 rings (SSSR count). The van der Waals surface area contributed by atoms with E-state index in [2.05, 4.69) is 20.3 Å². The van der Waals surface area contributed by atoms with Gasteiger partial charge in [-0.15, -0.1) is 0 Å². The first-order chi connectivity index (χ1) is 10.5. The van der Waals surface area contributed by atoms with Crippen LogP contribution in [0.2, 0.25) is 0 Å². The second-order valence-corrected chi connectivity index (χ2v) is 5.53. The number of nitrogens with zero attached hydrogens (tertiary/aromatic N) is 4. The van der Waals surface area contributed by atoms with E-state index in [-0.39, 0.29) is 6.04 Å². The molecule has 22 heavy (non-hydrogen) atoms. The normalized spacial score (nSPS) is 28.6. The summed E-state index contributed by atoms with van der Waals surface area (Å²) >= 11 is 0. The van der Waals surface area contributed by atoms with Gasteiger partial charge in [0.1, 0.15) is 18.5 Å². The SMILES string of the molecule is CC(C)Nc1ncnc2c1ncn2[C@@H]1O[C@H](CO)[C@H](O)C1F. The maximum Gasteiger partial charge on any atom is 0.173 e. The fourth-order valence-electron chi connectivity index (χ4n) is 2.50. The monoisotopic (exact) mass is 311 g/mol. The molecule has 2 aromatic rings. The van der Waals surface area contributed by atoms with Gasteiger partial charge in [-0.25, -0.2) is 19.3 Å². The Hall–Kier alpha value is -1.84. The van der Waals surface area contributed by atoms with E-state index in [1.54, 1.807) is 0 Å². The minimum absolute atomic E-state index is 0.153. The van der Waals surface area contributed by atoms with Gasteiger partial charge in [0.15, 0.2) is 29.4 Å². The van der Waals surface area contributed by atoms with Gasteiger partial charge in [0.25, 0.3) is 0 Å². The van der Waals surface area contributed by atoms with Gasteiger partial charge in [-0.05, 0) is 13.8 Å². The van der Waals surface area contributed by atoms with E-state index in [1.165, 1.54) is 17.2 Å². The Morgan fingerprint density at radius 2 is 2.18 bits per heavy atom. The Balaban J connectivity index is 1.99. The highest BCUT2D eigenvalue weighted by Crippen LogP contribution is 2.34. The van der Waals surface area contributed by atoms with Crippen molar-refractivity contribution in [3.8, 4) is 0 Å². The van der Waals surface area contributed by atoms with Gasteiger partial charge in [-0.1, -0.05) is 0 Å². The number of halogens is 1. The van der Waals surface area contributed by atoms with Gasteiger partial charge < -0.3 is 20.3 Å². The molecule has 0 aromatic carbocycles. The van der Waals surface area contributed by atoms with Crippen LogP contribution in [0.15, 0.2) is 12.7 Å². The van der Waals surface area contributed by atoms with E-state index in [0.717, 1.165) is 0 Å². The molecule has 1 aliphatic heterocycles. The number of hydrogen-bond acceptors (Lipinski definition) is 7. The predicted molar refractivity (Wildman–Crippen MR) is 76.0 cm³/mol. The molecule has 1 fully saturated rings. The molecule has 8 nitrogen and oxygen atoms in total. The van der Waals surface area contributed by atoms with E-state index < -0.39 is 31.2 Å². The summed E-state index contributed by atoms with van der Waals surface area (Å²) in [7, 11) is 0.